The van der Waals surface area contributed by atoms with Crippen LogP contribution in [0.3, 0.4) is 0 Å². The molecular formula is C19H19ClN8. The topological polar surface area (TPSA) is 85.5 Å². The van der Waals surface area contributed by atoms with Crippen LogP contribution in [-0.4, -0.2) is 29.3 Å². The Kier molecular flexibility index (Phi) is 5.20. The number of aromatic nitrogens is 6. The summed E-state index contributed by atoms with van der Waals surface area (Å²) in [5.74, 6) is 1.93. The molecule has 3 heterocycles. The van der Waals surface area contributed by atoms with Gasteiger partial charge in [-0.2, -0.15) is 10.1 Å². The van der Waals surface area contributed by atoms with Gasteiger partial charge in [0.25, 0.3) is 0 Å². The van der Waals surface area contributed by atoms with E-state index in [2.05, 4.69) is 30.7 Å². The van der Waals surface area contributed by atoms with Crippen molar-refractivity contribution in [3.05, 3.63) is 77.7 Å². The Morgan fingerprint density at radius 1 is 1.11 bits per heavy atom. The van der Waals surface area contributed by atoms with Crippen LogP contribution in [0, 0.1) is 0 Å². The van der Waals surface area contributed by atoms with Gasteiger partial charge in [0, 0.05) is 32.2 Å². The quantitative estimate of drug-likeness (QED) is 0.499. The predicted molar refractivity (Wildman–Crippen MR) is 109 cm³/mol. The maximum absolute atomic E-state index is 6.22. The summed E-state index contributed by atoms with van der Waals surface area (Å²) in [6.45, 7) is 1.20. The Hall–Kier alpha value is -3.39. The average molecular weight is 395 g/mol. The van der Waals surface area contributed by atoms with Crippen LogP contribution in [0.5, 0.6) is 0 Å². The monoisotopic (exact) mass is 394 g/mol. The van der Waals surface area contributed by atoms with Crippen LogP contribution in [0.25, 0.3) is 0 Å². The fraction of sp³-hybridized carbons (Fsp3) is 0.158. The largest absolute Gasteiger partial charge is 0.365 e. The van der Waals surface area contributed by atoms with Crippen molar-refractivity contribution in [1.29, 1.82) is 0 Å². The second-order valence-corrected chi connectivity index (χ2v) is 6.64. The van der Waals surface area contributed by atoms with E-state index in [1.807, 2.05) is 54.3 Å². The zero-order valence-corrected chi connectivity index (χ0v) is 16.0. The minimum absolute atomic E-state index is 0.441. The number of aryl methyl sites for hydroxylation is 1. The van der Waals surface area contributed by atoms with Crippen molar-refractivity contribution >= 4 is 29.1 Å². The van der Waals surface area contributed by atoms with E-state index in [9.17, 15) is 0 Å². The third-order valence-electron chi connectivity index (χ3n) is 4.16. The lowest BCUT2D eigenvalue weighted by Gasteiger charge is -2.09. The molecule has 0 saturated carbocycles. The first-order chi connectivity index (χ1) is 13.7. The Morgan fingerprint density at radius 3 is 2.75 bits per heavy atom. The van der Waals surface area contributed by atoms with Crippen molar-refractivity contribution < 1.29 is 0 Å². The molecule has 9 heteroatoms. The van der Waals surface area contributed by atoms with Crippen LogP contribution >= 0.6 is 11.6 Å². The molecule has 0 saturated heterocycles. The van der Waals surface area contributed by atoms with Gasteiger partial charge < -0.3 is 15.2 Å². The van der Waals surface area contributed by atoms with E-state index in [4.69, 9.17) is 11.6 Å². The summed E-state index contributed by atoms with van der Waals surface area (Å²) in [7, 11) is 1.95. The fourth-order valence-electron chi connectivity index (χ4n) is 2.67. The summed E-state index contributed by atoms with van der Waals surface area (Å²) in [5, 5.41) is 11.2. The number of nitrogens with zero attached hydrogens (tertiary/aromatic N) is 6. The molecule has 142 valence electrons. The first kappa shape index (κ1) is 18.0. The highest BCUT2D eigenvalue weighted by Crippen LogP contribution is 2.22. The van der Waals surface area contributed by atoms with E-state index in [0.717, 1.165) is 17.1 Å². The second-order valence-electron chi connectivity index (χ2n) is 6.24. The standard InChI is InChI=1S/C19H19ClN8/c1-27-8-7-21-17(27)13-28-12-15(10-24-28)25-19-23-11-16(20)18(26-19)22-9-14-5-3-2-4-6-14/h2-8,10-12H,9,13H2,1H3,(H2,22,23,25,26). The first-order valence-electron chi connectivity index (χ1n) is 8.73. The molecule has 0 aliphatic carbocycles. The molecule has 8 nitrogen and oxygen atoms in total. The van der Waals surface area contributed by atoms with Crippen molar-refractivity contribution in [2.75, 3.05) is 10.6 Å². The molecule has 0 amide bonds. The highest BCUT2D eigenvalue weighted by molar-refractivity contribution is 6.32. The highest BCUT2D eigenvalue weighted by Gasteiger charge is 2.08. The lowest BCUT2D eigenvalue weighted by Crippen LogP contribution is -2.06. The highest BCUT2D eigenvalue weighted by atomic mass is 35.5. The summed E-state index contributed by atoms with van der Waals surface area (Å²) in [6.07, 6.45) is 8.84. The zero-order chi connectivity index (χ0) is 19.3. The van der Waals surface area contributed by atoms with E-state index in [1.165, 1.54) is 0 Å². The average Bonchev–Trinajstić information content (AvgIpc) is 3.32. The van der Waals surface area contributed by atoms with Crippen molar-refractivity contribution in [2.45, 2.75) is 13.1 Å². The lowest BCUT2D eigenvalue weighted by atomic mass is 10.2. The van der Waals surface area contributed by atoms with Gasteiger partial charge >= 0.3 is 0 Å². The molecule has 3 aromatic heterocycles. The van der Waals surface area contributed by atoms with Gasteiger partial charge in [0.05, 0.1) is 24.6 Å². The number of halogens is 1. The second kappa shape index (κ2) is 8.10. The SMILES string of the molecule is Cn1ccnc1Cn1cc(Nc2ncc(Cl)c(NCc3ccccc3)n2)cn1. The maximum atomic E-state index is 6.22. The predicted octanol–water partition coefficient (Wildman–Crippen LogP) is 3.46. The normalized spacial score (nSPS) is 10.8. The third kappa shape index (κ3) is 4.29. The molecule has 0 radical (unpaired) electrons. The molecule has 1 aromatic carbocycles. The number of hydrogen-bond donors (Lipinski definition) is 2. The molecule has 0 aliphatic rings. The minimum Gasteiger partial charge on any atom is -0.365 e. The Labute approximate surface area is 167 Å². The maximum Gasteiger partial charge on any atom is 0.229 e. The van der Waals surface area contributed by atoms with Gasteiger partial charge in [-0.05, 0) is 5.56 Å². The van der Waals surface area contributed by atoms with Crippen LogP contribution < -0.4 is 10.6 Å². The van der Waals surface area contributed by atoms with Gasteiger partial charge in [0.15, 0.2) is 5.82 Å². The number of nitrogens with one attached hydrogen (secondary N) is 2. The Bertz CT molecular complexity index is 1060. The lowest BCUT2D eigenvalue weighted by molar-refractivity contribution is 0.632. The van der Waals surface area contributed by atoms with E-state index >= 15 is 0 Å². The number of hydrogen-bond acceptors (Lipinski definition) is 6. The van der Waals surface area contributed by atoms with E-state index in [0.29, 0.717) is 29.9 Å². The fourth-order valence-corrected chi connectivity index (χ4v) is 2.83. The van der Waals surface area contributed by atoms with Crippen molar-refractivity contribution in [3.8, 4) is 0 Å². The van der Waals surface area contributed by atoms with E-state index in [1.54, 1.807) is 23.3 Å². The van der Waals surface area contributed by atoms with Gasteiger partial charge in [-0.25, -0.2) is 9.97 Å². The van der Waals surface area contributed by atoms with Gasteiger partial charge in [0.2, 0.25) is 5.95 Å². The molecule has 0 bridgehead atoms. The summed E-state index contributed by atoms with van der Waals surface area (Å²) in [5.41, 5.74) is 1.92. The Morgan fingerprint density at radius 2 is 1.96 bits per heavy atom. The van der Waals surface area contributed by atoms with Crippen LogP contribution in [-0.2, 0) is 20.1 Å². The number of benzene rings is 1. The van der Waals surface area contributed by atoms with Crippen molar-refractivity contribution in [1.82, 2.24) is 29.3 Å². The van der Waals surface area contributed by atoms with Crippen LogP contribution in [0.1, 0.15) is 11.4 Å². The van der Waals surface area contributed by atoms with Crippen molar-refractivity contribution in [2.24, 2.45) is 7.05 Å². The molecule has 2 N–H and O–H groups in total. The van der Waals surface area contributed by atoms with E-state index < -0.39 is 0 Å². The van der Waals surface area contributed by atoms with Gasteiger partial charge in [0.1, 0.15) is 10.8 Å². The molecule has 0 fully saturated rings. The summed E-state index contributed by atoms with van der Waals surface area (Å²) in [4.78, 5) is 13.0. The number of anilines is 3. The Balaban J connectivity index is 1.43. The van der Waals surface area contributed by atoms with Gasteiger partial charge in [-0.1, -0.05) is 41.9 Å². The zero-order valence-electron chi connectivity index (χ0n) is 15.2. The van der Waals surface area contributed by atoms with E-state index in [-0.39, 0.29) is 0 Å². The minimum atomic E-state index is 0.441. The molecule has 0 aliphatic heterocycles. The molecule has 4 aromatic rings. The molecule has 0 atom stereocenters. The van der Waals surface area contributed by atoms with Crippen molar-refractivity contribution in [3.63, 3.8) is 0 Å². The summed E-state index contributed by atoms with van der Waals surface area (Å²) >= 11 is 6.22. The third-order valence-corrected chi connectivity index (χ3v) is 4.44. The number of rotatable bonds is 7. The molecule has 0 spiro atoms. The van der Waals surface area contributed by atoms with Crippen LogP contribution in [0.2, 0.25) is 5.02 Å². The van der Waals surface area contributed by atoms with Crippen LogP contribution in [0.4, 0.5) is 17.5 Å². The number of imidazole rings is 1. The van der Waals surface area contributed by atoms with Crippen LogP contribution in [0.15, 0.2) is 61.3 Å². The smallest absolute Gasteiger partial charge is 0.229 e. The molecule has 28 heavy (non-hydrogen) atoms. The van der Waals surface area contributed by atoms with Gasteiger partial charge in [-0.15, -0.1) is 0 Å². The molecule has 4 rings (SSSR count). The molecular weight excluding hydrogens is 376 g/mol. The van der Waals surface area contributed by atoms with Gasteiger partial charge in [-0.3, -0.25) is 4.68 Å². The molecule has 0 unspecified atom stereocenters. The summed E-state index contributed by atoms with van der Waals surface area (Å²) < 4.78 is 3.76. The summed E-state index contributed by atoms with van der Waals surface area (Å²) in [6, 6.07) is 10.0. The first-order valence-corrected chi connectivity index (χ1v) is 9.11.